The maximum absolute atomic E-state index is 6.12. The Hall–Kier alpha value is -2.28. The van der Waals surface area contributed by atoms with E-state index < -0.39 is 0 Å². The zero-order valence-electron chi connectivity index (χ0n) is 17.2. The second kappa shape index (κ2) is 9.78. The van der Waals surface area contributed by atoms with Gasteiger partial charge in [0.25, 0.3) is 0 Å². The molecule has 0 aliphatic heterocycles. The molecule has 152 valence electrons. The third-order valence-electron chi connectivity index (χ3n) is 4.91. The number of nitrogens with one attached hydrogen (secondary N) is 1. The Labute approximate surface area is 171 Å². The highest BCUT2D eigenvalue weighted by Gasteiger charge is 2.18. The smallest absolute Gasteiger partial charge is 0.194 e. The lowest BCUT2D eigenvalue weighted by atomic mass is 10.2. The molecule has 1 saturated carbocycles. The van der Waals surface area contributed by atoms with Crippen LogP contribution in [-0.4, -0.2) is 43.2 Å². The third kappa shape index (κ3) is 5.38. The van der Waals surface area contributed by atoms with E-state index in [1.165, 1.54) is 12.8 Å². The highest BCUT2D eigenvalue weighted by Crippen LogP contribution is 2.32. The molecule has 2 aromatic rings. The monoisotopic (exact) mass is 402 g/mol. The second-order valence-electron chi connectivity index (χ2n) is 7.12. The van der Waals surface area contributed by atoms with Crippen LogP contribution in [0.1, 0.15) is 41.9 Å². The van der Waals surface area contributed by atoms with E-state index in [1.807, 2.05) is 26.1 Å². The molecule has 28 heavy (non-hydrogen) atoms. The largest absolute Gasteiger partial charge is 0.493 e. The minimum atomic E-state index is 0.319. The lowest BCUT2D eigenvalue weighted by Gasteiger charge is -2.21. The van der Waals surface area contributed by atoms with Crippen LogP contribution in [0.3, 0.4) is 0 Å². The third-order valence-corrected chi connectivity index (χ3v) is 5.74. The van der Waals surface area contributed by atoms with Gasteiger partial charge in [0, 0.05) is 26.0 Å². The maximum Gasteiger partial charge on any atom is 0.194 e. The molecule has 1 N–H and O–H groups in total. The average molecular weight is 403 g/mol. The number of benzene rings is 1. The quantitative estimate of drug-likeness (QED) is 0.561. The number of methoxy groups -OCH3 is 1. The highest BCUT2D eigenvalue weighted by atomic mass is 32.1. The lowest BCUT2D eigenvalue weighted by Crippen LogP contribution is -2.38. The zero-order valence-corrected chi connectivity index (χ0v) is 18.0. The van der Waals surface area contributed by atoms with Gasteiger partial charge in [0.05, 0.1) is 30.5 Å². The Morgan fingerprint density at radius 3 is 2.75 bits per heavy atom. The maximum atomic E-state index is 6.12. The Kier molecular flexibility index (Phi) is 7.14. The summed E-state index contributed by atoms with van der Waals surface area (Å²) in [6, 6.07) is 6.13. The lowest BCUT2D eigenvalue weighted by molar-refractivity contribution is 0.200. The molecule has 7 heteroatoms. The average Bonchev–Trinajstić information content (AvgIpc) is 3.35. The number of hydrogen-bond acceptors (Lipinski definition) is 5. The van der Waals surface area contributed by atoms with Crippen molar-refractivity contribution in [2.75, 3.05) is 21.2 Å². The first-order chi connectivity index (χ1) is 13.6. The van der Waals surface area contributed by atoms with Crippen LogP contribution in [0, 0.1) is 6.92 Å². The second-order valence-corrected chi connectivity index (χ2v) is 8.19. The molecule has 0 atom stereocenters. The van der Waals surface area contributed by atoms with Crippen molar-refractivity contribution in [3.63, 3.8) is 0 Å². The molecule has 1 fully saturated rings. The summed E-state index contributed by atoms with van der Waals surface area (Å²) in [5.74, 6) is 2.45. The number of aromatic nitrogens is 1. The van der Waals surface area contributed by atoms with Gasteiger partial charge in [0.1, 0.15) is 0 Å². The van der Waals surface area contributed by atoms with E-state index >= 15 is 0 Å². The molecule has 1 aliphatic rings. The summed E-state index contributed by atoms with van der Waals surface area (Å²) in [6.45, 7) is 3.41. The zero-order chi connectivity index (χ0) is 19.9. The van der Waals surface area contributed by atoms with Crippen molar-refractivity contribution in [3.05, 3.63) is 39.8 Å². The molecular weight excluding hydrogens is 372 g/mol. The Balaban J connectivity index is 1.58. The minimum Gasteiger partial charge on any atom is -0.493 e. The number of aryl methyl sites for hydroxylation is 1. The fourth-order valence-corrected chi connectivity index (χ4v) is 4.07. The Morgan fingerprint density at radius 1 is 1.32 bits per heavy atom. The molecule has 0 bridgehead atoms. The van der Waals surface area contributed by atoms with Gasteiger partial charge in [0.2, 0.25) is 0 Å². The molecular formula is C21H30N4O2S. The molecule has 0 amide bonds. The standard InChI is InChI=1S/C21H30N4O2S/c1-15-24-17(14-28-15)13-25(3)21(22-2)23-12-16-9-10-19(20(11-16)26-4)27-18-7-5-6-8-18/h9-11,14,18H,5-8,12-13H2,1-4H3,(H,22,23). The first-order valence-corrected chi connectivity index (χ1v) is 10.6. The van der Waals surface area contributed by atoms with E-state index in [9.17, 15) is 0 Å². The number of rotatable bonds is 7. The van der Waals surface area contributed by atoms with Crippen molar-refractivity contribution >= 4 is 17.3 Å². The van der Waals surface area contributed by atoms with Crippen molar-refractivity contribution in [2.24, 2.45) is 4.99 Å². The van der Waals surface area contributed by atoms with E-state index in [0.29, 0.717) is 12.6 Å². The summed E-state index contributed by atoms with van der Waals surface area (Å²) >= 11 is 1.67. The molecule has 0 spiro atoms. The minimum absolute atomic E-state index is 0.319. The van der Waals surface area contributed by atoms with Crippen LogP contribution in [-0.2, 0) is 13.1 Å². The summed E-state index contributed by atoms with van der Waals surface area (Å²) in [4.78, 5) is 11.0. The first-order valence-electron chi connectivity index (χ1n) is 9.75. The molecule has 1 aromatic heterocycles. The first kappa shape index (κ1) is 20.5. The van der Waals surface area contributed by atoms with Gasteiger partial charge in [-0.15, -0.1) is 11.3 Å². The SMILES string of the molecule is CN=C(NCc1ccc(OC2CCCC2)c(OC)c1)N(C)Cc1csc(C)n1. The van der Waals surface area contributed by atoms with Gasteiger partial charge in [-0.1, -0.05) is 6.07 Å². The summed E-state index contributed by atoms with van der Waals surface area (Å²) in [6.07, 6.45) is 5.09. The van der Waals surface area contributed by atoms with Gasteiger partial charge in [-0.05, 0) is 50.3 Å². The highest BCUT2D eigenvalue weighted by molar-refractivity contribution is 7.09. The number of thiazole rings is 1. The van der Waals surface area contributed by atoms with E-state index in [-0.39, 0.29) is 0 Å². The number of guanidine groups is 1. The number of nitrogens with zero attached hydrogens (tertiary/aromatic N) is 3. The molecule has 0 saturated heterocycles. The molecule has 1 aromatic carbocycles. The molecule has 1 heterocycles. The van der Waals surface area contributed by atoms with Crippen molar-refractivity contribution in [1.29, 1.82) is 0 Å². The predicted molar refractivity (Wildman–Crippen MR) is 114 cm³/mol. The summed E-state index contributed by atoms with van der Waals surface area (Å²) in [7, 11) is 5.50. The number of ether oxygens (including phenoxy) is 2. The van der Waals surface area contributed by atoms with Gasteiger partial charge in [0.15, 0.2) is 17.5 Å². The van der Waals surface area contributed by atoms with E-state index in [4.69, 9.17) is 9.47 Å². The van der Waals surface area contributed by atoms with Crippen LogP contribution in [0.4, 0.5) is 0 Å². The van der Waals surface area contributed by atoms with Gasteiger partial charge in [-0.3, -0.25) is 4.99 Å². The Morgan fingerprint density at radius 2 is 2.11 bits per heavy atom. The van der Waals surface area contributed by atoms with Crippen LogP contribution in [0.25, 0.3) is 0 Å². The molecule has 1 aliphatic carbocycles. The van der Waals surface area contributed by atoms with E-state index in [0.717, 1.165) is 53.1 Å². The van der Waals surface area contributed by atoms with Crippen LogP contribution in [0.15, 0.2) is 28.6 Å². The molecule has 0 radical (unpaired) electrons. The predicted octanol–water partition coefficient (Wildman–Crippen LogP) is 3.99. The van der Waals surface area contributed by atoms with E-state index in [1.54, 1.807) is 25.5 Å². The van der Waals surface area contributed by atoms with Crippen LogP contribution in [0.2, 0.25) is 0 Å². The fourth-order valence-electron chi connectivity index (χ4n) is 3.47. The van der Waals surface area contributed by atoms with Crippen LogP contribution >= 0.6 is 11.3 Å². The van der Waals surface area contributed by atoms with Crippen molar-refractivity contribution in [3.8, 4) is 11.5 Å². The molecule has 6 nitrogen and oxygen atoms in total. The fraction of sp³-hybridized carbons (Fsp3) is 0.524. The normalized spacial score (nSPS) is 14.9. The summed E-state index contributed by atoms with van der Waals surface area (Å²) in [5, 5.41) is 6.58. The van der Waals surface area contributed by atoms with E-state index in [2.05, 4.69) is 31.6 Å². The number of aliphatic imine (C=N–C) groups is 1. The Bertz CT molecular complexity index is 799. The van der Waals surface area contributed by atoms with Crippen LogP contribution < -0.4 is 14.8 Å². The molecule has 0 unspecified atom stereocenters. The number of hydrogen-bond donors (Lipinski definition) is 1. The van der Waals surface area contributed by atoms with Gasteiger partial charge >= 0.3 is 0 Å². The summed E-state index contributed by atoms with van der Waals surface area (Å²) < 4.78 is 11.7. The van der Waals surface area contributed by atoms with Crippen molar-refractivity contribution in [1.82, 2.24) is 15.2 Å². The van der Waals surface area contributed by atoms with Crippen molar-refractivity contribution < 1.29 is 9.47 Å². The van der Waals surface area contributed by atoms with Crippen molar-refractivity contribution in [2.45, 2.75) is 51.8 Å². The van der Waals surface area contributed by atoms with Gasteiger partial charge in [-0.2, -0.15) is 0 Å². The van der Waals surface area contributed by atoms with Gasteiger partial charge < -0.3 is 19.7 Å². The molecule has 3 rings (SSSR count). The van der Waals surface area contributed by atoms with Crippen LogP contribution in [0.5, 0.6) is 11.5 Å². The van der Waals surface area contributed by atoms with Gasteiger partial charge in [-0.25, -0.2) is 4.98 Å². The topological polar surface area (TPSA) is 59.0 Å². The summed E-state index contributed by atoms with van der Waals surface area (Å²) in [5.41, 5.74) is 2.18.